The second-order valence-corrected chi connectivity index (χ2v) is 6.79. The third-order valence-corrected chi connectivity index (χ3v) is 3.72. The number of nitrogens with one attached hydrogen (secondary N) is 1. The summed E-state index contributed by atoms with van der Waals surface area (Å²) in [7, 11) is 1.58. The Morgan fingerprint density at radius 1 is 1.35 bits per heavy atom. The van der Waals surface area contributed by atoms with Gasteiger partial charge in [-0.2, -0.15) is 0 Å². The number of amides is 2. The van der Waals surface area contributed by atoms with Crippen LogP contribution in [0, 0.1) is 0 Å². The van der Waals surface area contributed by atoms with Crippen molar-refractivity contribution in [3.8, 4) is 0 Å². The van der Waals surface area contributed by atoms with Crippen LogP contribution in [0.1, 0.15) is 55.7 Å². The maximum atomic E-state index is 12.2. The van der Waals surface area contributed by atoms with Crippen LogP contribution < -0.4 is 5.32 Å². The zero-order valence-electron chi connectivity index (χ0n) is 14.3. The van der Waals surface area contributed by atoms with E-state index in [9.17, 15) is 9.59 Å². The summed E-state index contributed by atoms with van der Waals surface area (Å²) >= 11 is 0. The van der Waals surface area contributed by atoms with Crippen LogP contribution in [0.5, 0.6) is 0 Å². The molecule has 1 N–H and O–H groups in total. The molecule has 126 valence electrons. The van der Waals surface area contributed by atoms with Crippen LogP contribution in [0.3, 0.4) is 0 Å². The van der Waals surface area contributed by atoms with Gasteiger partial charge < -0.3 is 15.0 Å². The molecular weight excluding hydrogens is 294 g/mol. The molecule has 0 spiro atoms. The number of likely N-dealkylation sites (tertiary alicyclic amines) is 1. The van der Waals surface area contributed by atoms with Crippen molar-refractivity contribution in [2.45, 2.75) is 45.1 Å². The van der Waals surface area contributed by atoms with Crippen molar-refractivity contribution in [3.05, 3.63) is 29.6 Å². The van der Waals surface area contributed by atoms with Crippen molar-refractivity contribution >= 4 is 12.0 Å². The molecule has 0 aliphatic carbocycles. The zero-order valence-corrected chi connectivity index (χ0v) is 14.3. The molecule has 0 aromatic carbocycles. The normalized spacial score (nSPS) is 18.4. The molecule has 6 heteroatoms. The third kappa shape index (κ3) is 4.68. The summed E-state index contributed by atoms with van der Waals surface area (Å²) in [6.45, 7) is 6.85. The minimum atomic E-state index is -0.499. The fourth-order valence-electron chi connectivity index (χ4n) is 2.64. The quantitative estimate of drug-likeness (QED) is 0.909. The van der Waals surface area contributed by atoms with Gasteiger partial charge in [0.25, 0.3) is 5.91 Å². The highest BCUT2D eigenvalue weighted by Gasteiger charge is 2.29. The van der Waals surface area contributed by atoms with Gasteiger partial charge in [0.15, 0.2) is 0 Å². The van der Waals surface area contributed by atoms with E-state index in [1.807, 2.05) is 32.9 Å². The molecule has 1 aromatic heterocycles. The average Bonchev–Trinajstić information content (AvgIpc) is 2.53. The summed E-state index contributed by atoms with van der Waals surface area (Å²) in [5.74, 6) is -0.0764. The molecular formula is C17H25N3O3. The minimum Gasteiger partial charge on any atom is -0.444 e. The van der Waals surface area contributed by atoms with E-state index in [-0.39, 0.29) is 17.9 Å². The molecule has 6 nitrogen and oxygen atoms in total. The summed E-state index contributed by atoms with van der Waals surface area (Å²) in [5.41, 5.74) is 0.750. The van der Waals surface area contributed by atoms with Gasteiger partial charge in [0.05, 0.1) is 0 Å². The predicted octanol–water partition coefficient (Wildman–Crippen LogP) is 2.56. The minimum absolute atomic E-state index is 0.126. The molecule has 1 fully saturated rings. The first kappa shape index (κ1) is 17.2. The lowest BCUT2D eigenvalue weighted by Crippen LogP contribution is -2.42. The zero-order chi connectivity index (χ0) is 17.0. The highest BCUT2D eigenvalue weighted by Crippen LogP contribution is 2.26. The van der Waals surface area contributed by atoms with E-state index in [2.05, 4.69) is 10.3 Å². The Morgan fingerprint density at radius 2 is 2.09 bits per heavy atom. The van der Waals surface area contributed by atoms with Crippen LogP contribution in [-0.4, -0.2) is 47.6 Å². The second-order valence-electron chi connectivity index (χ2n) is 6.79. The van der Waals surface area contributed by atoms with Crippen molar-refractivity contribution in [1.82, 2.24) is 15.2 Å². The fourth-order valence-corrected chi connectivity index (χ4v) is 2.64. The van der Waals surface area contributed by atoms with E-state index in [4.69, 9.17) is 4.74 Å². The number of pyridine rings is 1. The Hall–Kier alpha value is -2.11. The Balaban J connectivity index is 2.09. The third-order valence-electron chi connectivity index (χ3n) is 3.72. The van der Waals surface area contributed by atoms with Crippen LogP contribution in [-0.2, 0) is 4.74 Å². The summed E-state index contributed by atoms with van der Waals surface area (Å²) in [5, 5.41) is 2.58. The molecule has 0 radical (unpaired) electrons. The van der Waals surface area contributed by atoms with Gasteiger partial charge in [-0.15, -0.1) is 0 Å². The SMILES string of the molecule is CNC(=O)c1cccc([C@@H]2CCCN(C(=O)OC(C)(C)C)C2)n1. The standard InChI is InChI=1S/C17H25N3O3/c1-17(2,3)23-16(22)20-10-6-7-12(11-20)13-8-5-9-14(19-13)15(21)18-4/h5,8-9,12H,6-7,10-11H2,1-4H3,(H,18,21)/t12-/m1/s1. The summed E-state index contributed by atoms with van der Waals surface area (Å²) < 4.78 is 5.44. The van der Waals surface area contributed by atoms with E-state index in [1.54, 1.807) is 18.0 Å². The maximum Gasteiger partial charge on any atom is 0.410 e. The summed E-state index contributed by atoms with van der Waals surface area (Å²) in [6, 6.07) is 5.44. The van der Waals surface area contributed by atoms with Crippen molar-refractivity contribution in [2.24, 2.45) is 0 Å². The van der Waals surface area contributed by atoms with Crippen LogP contribution in [0.4, 0.5) is 4.79 Å². The molecule has 2 rings (SSSR count). The van der Waals surface area contributed by atoms with Gasteiger partial charge in [0.1, 0.15) is 11.3 Å². The Kier molecular flexibility index (Phi) is 5.23. The van der Waals surface area contributed by atoms with Crippen molar-refractivity contribution in [2.75, 3.05) is 20.1 Å². The highest BCUT2D eigenvalue weighted by atomic mass is 16.6. The molecule has 1 saturated heterocycles. The highest BCUT2D eigenvalue weighted by molar-refractivity contribution is 5.92. The monoisotopic (exact) mass is 319 g/mol. The first-order valence-electron chi connectivity index (χ1n) is 7.97. The van der Waals surface area contributed by atoms with Gasteiger partial charge in [-0.05, 0) is 45.7 Å². The van der Waals surface area contributed by atoms with E-state index < -0.39 is 5.60 Å². The molecule has 2 amide bonds. The van der Waals surface area contributed by atoms with Crippen molar-refractivity contribution in [1.29, 1.82) is 0 Å². The Bertz CT molecular complexity index is 581. The van der Waals surface area contributed by atoms with Gasteiger partial charge in [-0.1, -0.05) is 6.07 Å². The molecule has 1 aromatic rings. The van der Waals surface area contributed by atoms with Gasteiger partial charge >= 0.3 is 6.09 Å². The Labute approximate surface area is 137 Å². The average molecular weight is 319 g/mol. The lowest BCUT2D eigenvalue weighted by Gasteiger charge is -2.34. The molecule has 0 bridgehead atoms. The maximum absolute atomic E-state index is 12.2. The number of hydrogen-bond acceptors (Lipinski definition) is 4. The number of rotatable bonds is 2. The number of hydrogen-bond donors (Lipinski definition) is 1. The number of aromatic nitrogens is 1. The second kappa shape index (κ2) is 6.98. The van der Waals surface area contributed by atoms with Gasteiger partial charge in [0, 0.05) is 31.7 Å². The van der Waals surface area contributed by atoms with Crippen molar-refractivity contribution in [3.63, 3.8) is 0 Å². The number of nitrogens with zero attached hydrogens (tertiary/aromatic N) is 2. The molecule has 0 unspecified atom stereocenters. The van der Waals surface area contributed by atoms with Crippen LogP contribution in [0.25, 0.3) is 0 Å². The summed E-state index contributed by atoms with van der Waals surface area (Å²) in [4.78, 5) is 30.1. The molecule has 1 atom stereocenters. The van der Waals surface area contributed by atoms with Gasteiger partial charge in [-0.25, -0.2) is 9.78 Å². The topological polar surface area (TPSA) is 71.5 Å². The van der Waals surface area contributed by atoms with Gasteiger partial charge in [-0.3, -0.25) is 4.79 Å². The number of ether oxygens (including phenoxy) is 1. The predicted molar refractivity (Wildman–Crippen MR) is 87.4 cm³/mol. The van der Waals surface area contributed by atoms with Gasteiger partial charge in [0.2, 0.25) is 0 Å². The Morgan fingerprint density at radius 3 is 2.74 bits per heavy atom. The smallest absolute Gasteiger partial charge is 0.410 e. The van der Waals surface area contributed by atoms with E-state index in [0.717, 1.165) is 18.5 Å². The fraction of sp³-hybridized carbons (Fsp3) is 0.588. The largest absolute Gasteiger partial charge is 0.444 e. The van der Waals surface area contributed by atoms with Crippen LogP contribution in [0.15, 0.2) is 18.2 Å². The summed E-state index contributed by atoms with van der Waals surface area (Å²) in [6.07, 6.45) is 1.56. The number of carbonyl (C=O) groups is 2. The first-order valence-corrected chi connectivity index (χ1v) is 7.97. The van der Waals surface area contributed by atoms with Crippen LogP contribution >= 0.6 is 0 Å². The molecule has 23 heavy (non-hydrogen) atoms. The lowest BCUT2D eigenvalue weighted by atomic mass is 9.94. The van der Waals surface area contributed by atoms with Crippen molar-refractivity contribution < 1.29 is 14.3 Å². The lowest BCUT2D eigenvalue weighted by molar-refractivity contribution is 0.0197. The number of carbonyl (C=O) groups excluding carboxylic acids is 2. The van der Waals surface area contributed by atoms with E-state index >= 15 is 0 Å². The van der Waals surface area contributed by atoms with Crippen LogP contribution in [0.2, 0.25) is 0 Å². The molecule has 0 saturated carbocycles. The molecule has 2 heterocycles. The van der Waals surface area contributed by atoms with E-state index in [0.29, 0.717) is 18.8 Å². The first-order chi connectivity index (χ1) is 10.8. The molecule has 1 aliphatic heterocycles. The van der Waals surface area contributed by atoms with E-state index in [1.165, 1.54) is 0 Å². The number of piperidine rings is 1. The molecule has 1 aliphatic rings.